The molecule has 0 aliphatic heterocycles. The first-order chi connectivity index (χ1) is 10.9. The van der Waals surface area contributed by atoms with Gasteiger partial charge in [-0.15, -0.1) is 0 Å². The fourth-order valence-corrected chi connectivity index (χ4v) is 3.24. The van der Waals surface area contributed by atoms with Crippen LogP contribution < -0.4 is 10.1 Å². The van der Waals surface area contributed by atoms with Gasteiger partial charge in [-0.25, -0.2) is 9.36 Å². The zero-order valence-electron chi connectivity index (χ0n) is 13.0. The lowest BCUT2D eigenvalue weighted by Crippen LogP contribution is -2.07. The van der Waals surface area contributed by atoms with E-state index >= 15 is 0 Å². The van der Waals surface area contributed by atoms with Gasteiger partial charge in [0.15, 0.2) is 0 Å². The van der Waals surface area contributed by atoms with Crippen molar-refractivity contribution in [3.8, 4) is 11.8 Å². The van der Waals surface area contributed by atoms with Crippen LogP contribution in [-0.4, -0.2) is 13.2 Å². The van der Waals surface area contributed by atoms with E-state index in [-0.39, 0.29) is 30.1 Å². The second-order valence-corrected chi connectivity index (χ2v) is 6.13. The molecule has 0 N–H and O–H groups in total. The summed E-state index contributed by atoms with van der Waals surface area (Å²) < 4.78 is 32.9. The predicted octanol–water partition coefficient (Wildman–Crippen LogP) is 3.53. The molecule has 0 radical (unpaired) electrons. The fraction of sp³-hybridized carbons (Fsp3) is 0.333. The maximum Gasteiger partial charge on any atom is 0.530 e. The Morgan fingerprint density at radius 2 is 1.91 bits per heavy atom. The SMILES string of the molecule is CCOP(=O)(OCC)Oc1ccc2c(C)c(C#N)c(=O)oc2c1. The molecule has 0 aliphatic rings. The minimum Gasteiger partial charge on any atom is -0.422 e. The van der Waals surface area contributed by atoms with Crippen molar-refractivity contribution in [1.29, 1.82) is 5.26 Å². The van der Waals surface area contributed by atoms with Gasteiger partial charge in [-0.3, -0.25) is 9.05 Å². The van der Waals surface area contributed by atoms with Gasteiger partial charge in [-0.05, 0) is 38.5 Å². The van der Waals surface area contributed by atoms with Crippen LogP contribution in [0.1, 0.15) is 25.0 Å². The van der Waals surface area contributed by atoms with Crippen LogP contribution in [-0.2, 0) is 13.6 Å². The third-order valence-electron chi connectivity index (χ3n) is 3.04. The number of rotatable bonds is 6. The summed E-state index contributed by atoms with van der Waals surface area (Å²) in [6, 6.07) is 6.39. The van der Waals surface area contributed by atoms with Gasteiger partial charge in [-0.1, -0.05) is 0 Å². The molecular weight excluding hydrogens is 321 g/mol. The summed E-state index contributed by atoms with van der Waals surface area (Å²) in [5, 5.41) is 9.57. The largest absolute Gasteiger partial charge is 0.530 e. The normalized spacial score (nSPS) is 11.4. The predicted molar refractivity (Wildman–Crippen MR) is 83.4 cm³/mol. The number of hydrogen-bond acceptors (Lipinski definition) is 7. The van der Waals surface area contributed by atoms with Gasteiger partial charge < -0.3 is 8.94 Å². The Morgan fingerprint density at radius 1 is 1.26 bits per heavy atom. The van der Waals surface area contributed by atoms with E-state index in [1.807, 2.05) is 6.07 Å². The van der Waals surface area contributed by atoms with Crippen molar-refractivity contribution >= 4 is 18.8 Å². The van der Waals surface area contributed by atoms with Gasteiger partial charge in [0.2, 0.25) is 0 Å². The quantitative estimate of drug-likeness (QED) is 0.587. The number of nitrogens with zero attached hydrogens (tertiary/aromatic N) is 1. The van der Waals surface area contributed by atoms with Gasteiger partial charge in [0.05, 0.1) is 13.2 Å². The Balaban J connectivity index is 2.47. The standard InChI is InChI=1S/C15H16NO6P/c1-4-19-23(18,20-5-2)22-11-6-7-12-10(3)13(9-16)15(17)21-14(12)8-11/h6-8H,4-5H2,1-3H3. The molecule has 122 valence electrons. The highest BCUT2D eigenvalue weighted by Gasteiger charge is 2.27. The Morgan fingerprint density at radius 3 is 2.48 bits per heavy atom. The first-order valence-corrected chi connectivity index (χ1v) is 8.46. The van der Waals surface area contributed by atoms with E-state index in [9.17, 15) is 9.36 Å². The van der Waals surface area contributed by atoms with Gasteiger partial charge in [-0.2, -0.15) is 5.26 Å². The molecule has 0 bridgehead atoms. The number of benzene rings is 1. The molecule has 0 amide bonds. The summed E-state index contributed by atoms with van der Waals surface area (Å²) in [5.74, 6) is 0.176. The van der Waals surface area contributed by atoms with Crippen molar-refractivity contribution in [3.05, 3.63) is 39.7 Å². The smallest absolute Gasteiger partial charge is 0.422 e. The molecule has 2 rings (SSSR count). The first-order valence-electron chi connectivity index (χ1n) is 7.00. The van der Waals surface area contributed by atoms with Gasteiger partial charge in [0.1, 0.15) is 23.0 Å². The van der Waals surface area contributed by atoms with Crippen LogP contribution in [0.3, 0.4) is 0 Å². The van der Waals surface area contributed by atoms with Crippen LogP contribution in [0.2, 0.25) is 0 Å². The van der Waals surface area contributed by atoms with Crippen molar-refractivity contribution in [2.24, 2.45) is 0 Å². The van der Waals surface area contributed by atoms with Crippen molar-refractivity contribution in [1.82, 2.24) is 0 Å². The van der Waals surface area contributed by atoms with Crippen LogP contribution in [0.25, 0.3) is 11.0 Å². The summed E-state index contributed by atoms with van der Waals surface area (Å²) in [7, 11) is -3.73. The van der Waals surface area contributed by atoms with Crippen LogP contribution in [0, 0.1) is 18.3 Å². The number of phosphoric ester groups is 1. The molecule has 23 heavy (non-hydrogen) atoms. The zero-order chi connectivity index (χ0) is 17.0. The molecule has 0 aliphatic carbocycles. The average Bonchev–Trinajstić information content (AvgIpc) is 2.47. The third-order valence-corrected chi connectivity index (χ3v) is 4.63. The molecule has 0 fully saturated rings. The molecule has 0 atom stereocenters. The molecule has 1 aromatic carbocycles. The summed E-state index contributed by atoms with van der Waals surface area (Å²) in [4.78, 5) is 11.8. The summed E-state index contributed by atoms with van der Waals surface area (Å²) in [6.07, 6.45) is 0. The molecule has 0 spiro atoms. The maximum atomic E-state index is 12.4. The van der Waals surface area contributed by atoms with Crippen LogP contribution in [0.5, 0.6) is 5.75 Å². The number of nitriles is 1. The third kappa shape index (κ3) is 3.62. The Hall–Kier alpha value is -2.13. The second-order valence-electron chi connectivity index (χ2n) is 4.53. The lowest BCUT2D eigenvalue weighted by molar-refractivity contribution is 0.167. The highest BCUT2D eigenvalue weighted by atomic mass is 31.2. The maximum absolute atomic E-state index is 12.4. The molecule has 0 unspecified atom stereocenters. The topological polar surface area (TPSA) is 98.8 Å². The van der Waals surface area contributed by atoms with Crippen LogP contribution >= 0.6 is 7.82 Å². The summed E-state index contributed by atoms with van der Waals surface area (Å²) >= 11 is 0. The first kappa shape index (κ1) is 17.2. The molecule has 7 nitrogen and oxygen atoms in total. The minimum atomic E-state index is -3.73. The van der Waals surface area contributed by atoms with E-state index in [1.165, 1.54) is 6.07 Å². The molecule has 0 saturated carbocycles. The molecule has 2 aromatic rings. The molecule has 1 aromatic heterocycles. The van der Waals surface area contributed by atoms with Gasteiger partial charge in [0.25, 0.3) is 0 Å². The van der Waals surface area contributed by atoms with E-state index in [1.54, 1.807) is 32.9 Å². The van der Waals surface area contributed by atoms with E-state index in [0.29, 0.717) is 10.9 Å². The molecule has 1 heterocycles. The zero-order valence-corrected chi connectivity index (χ0v) is 13.9. The summed E-state index contributed by atoms with van der Waals surface area (Å²) in [5.41, 5.74) is -0.0282. The minimum absolute atomic E-state index is 0.0412. The van der Waals surface area contributed by atoms with Crippen molar-refractivity contribution in [3.63, 3.8) is 0 Å². The number of aryl methyl sites for hydroxylation is 1. The monoisotopic (exact) mass is 337 g/mol. The fourth-order valence-electron chi connectivity index (χ4n) is 2.06. The van der Waals surface area contributed by atoms with Crippen molar-refractivity contribution in [2.75, 3.05) is 13.2 Å². The van der Waals surface area contributed by atoms with Crippen molar-refractivity contribution < 1.29 is 22.6 Å². The van der Waals surface area contributed by atoms with E-state index in [4.69, 9.17) is 23.3 Å². The Bertz CT molecular complexity index is 857. The van der Waals surface area contributed by atoms with E-state index in [0.717, 1.165) is 0 Å². The molecule has 8 heteroatoms. The van der Waals surface area contributed by atoms with E-state index in [2.05, 4.69) is 0 Å². The Labute approximate surface area is 133 Å². The highest BCUT2D eigenvalue weighted by Crippen LogP contribution is 2.49. The molecular formula is C15H16NO6P. The lowest BCUT2D eigenvalue weighted by atomic mass is 10.1. The number of hydrogen-bond donors (Lipinski definition) is 0. The highest BCUT2D eigenvalue weighted by molar-refractivity contribution is 7.48. The molecule has 0 saturated heterocycles. The van der Waals surface area contributed by atoms with Gasteiger partial charge in [0, 0.05) is 11.5 Å². The van der Waals surface area contributed by atoms with Gasteiger partial charge >= 0.3 is 13.4 Å². The van der Waals surface area contributed by atoms with Crippen molar-refractivity contribution in [2.45, 2.75) is 20.8 Å². The number of phosphoric acid groups is 1. The van der Waals surface area contributed by atoms with Crippen LogP contribution in [0.4, 0.5) is 0 Å². The van der Waals surface area contributed by atoms with E-state index < -0.39 is 13.4 Å². The average molecular weight is 337 g/mol. The summed E-state index contributed by atoms with van der Waals surface area (Å²) in [6.45, 7) is 5.31. The second kappa shape index (κ2) is 6.97. The van der Waals surface area contributed by atoms with Crippen LogP contribution in [0.15, 0.2) is 27.4 Å². The lowest BCUT2D eigenvalue weighted by Gasteiger charge is -2.17. The number of fused-ring (bicyclic) bond motifs is 1. The Kier molecular flexibility index (Phi) is 5.22.